The molecule has 2 rings (SSSR count). The third-order valence-electron chi connectivity index (χ3n) is 3.14. The van der Waals surface area contributed by atoms with E-state index in [1.54, 1.807) is 11.1 Å². The van der Waals surface area contributed by atoms with Crippen molar-refractivity contribution in [3.8, 4) is 0 Å². The van der Waals surface area contributed by atoms with Gasteiger partial charge in [-0.2, -0.15) is 0 Å². The fraction of sp³-hybridized carbons (Fsp3) is 0.333. The van der Waals surface area contributed by atoms with Crippen LogP contribution in [0.25, 0.3) is 5.57 Å². The van der Waals surface area contributed by atoms with Crippen molar-refractivity contribution in [2.45, 2.75) is 33.1 Å². The second kappa shape index (κ2) is 4.48. The van der Waals surface area contributed by atoms with Gasteiger partial charge in [0.25, 0.3) is 0 Å². The Kier molecular flexibility index (Phi) is 3.05. The van der Waals surface area contributed by atoms with Crippen molar-refractivity contribution in [3.05, 3.63) is 53.1 Å². The van der Waals surface area contributed by atoms with Crippen molar-refractivity contribution in [1.29, 1.82) is 0 Å². The van der Waals surface area contributed by atoms with E-state index < -0.39 is 0 Å². The summed E-state index contributed by atoms with van der Waals surface area (Å²) in [5.74, 6) is 0. The average Bonchev–Trinajstić information content (AvgIpc) is 2.73. The zero-order chi connectivity index (χ0) is 10.7. The number of allylic oxidation sites excluding steroid dienone is 4. The van der Waals surface area contributed by atoms with Crippen LogP contribution in [0.1, 0.15) is 38.7 Å². The molecule has 0 aromatic heterocycles. The Balaban J connectivity index is 2.37. The van der Waals surface area contributed by atoms with Crippen LogP contribution in [0.4, 0.5) is 0 Å². The van der Waals surface area contributed by atoms with Crippen molar-refractivity contribution >= 4 is 5.57 Å². The number of benzene rings is 1. The minimum absolute atomic E-state index is 1.17. The summed E-state index contributed by atoms with van der Waals surface area (Å²) in [6, 6.07) is 10.7. The molecule has 1 aromatic carbocycles. The van der Waals surface area contributed by atoms with Crippen LogP contribution in [-0.4, -0.2) is 0 Å². The molecule has 1 aromatic rings. The van der Waals surface area contributed by atoms with Gasteiger partial charge in [0.1, 0.15) is 0 Å². The van der Waals surface area contributed by atoms with Crippen molar-refractivity contribution in [3.63, 3.8) is 0 Å². The molecule has 0 bridgehead atoms. The lowest BCUT2D eigenvalue weighted by atomic mass is 10.0. The van der Waals surface area contributed by atoms with Crippen LogP contribution in [0.3, 0.4) is 0 Å². The summed E-state index contributed by atoms with van der Waals surface area (Å²) in [6.45, 7) is 4.50. The highest BCUT2D eigenvalue weighted by Gasteiger charge is 2.14. The van der Waals surface area contributed by atoms with Crippen LogP contribution >= 0.6 is 0 Å². The SMILES string of the molecule is CCC1=CC(c2ccccc2)=C(CC)C1. The molecule has 0 nitrogen and oxygen atoms in total. The van der Waals surface area contributed by atoms with E-state index >= 15 is 0 Å². The molecular weight excluding hydrogens is 180 g/mol. The van der Waals surface area contributed by atoms with E-state index in [9.17, 15) is 0 Å². The van der Waals surface area contributed by atoms with E-state index in [1.165, 1.54) is 30.4 Å². The maximum Gasteiger partial charge on any atom is -0.00961 e. The molecule has 0 fully saturated rings. The summed E-state index contributed by atoms with van der Waals surface area (Å²) >= 11 is 0. The summed E-state index contributed by atoms with van der Waals surface area (Å²) in [5.41, 5.74) is 6.01. The topological polar surface area (TPSA) is 0 Å². The molecule has 1 aliphatic rings. The summed E-state index contributed by atoms with van der Waals surface area (Å²) in [5, 5.41) is 0. The molecule has 0 heterocycles. The van der Waals surface area contributed by atoms with Gasteiger partial charge in [-0.05, 0) is 30.4 Å². The molecule has 0 saturated heterocycles. The van der Waals surface area contributed by atoms with E-state index in [1.807, 2.05) is 0 Å². The van der Waals surface area contributed by atoms with Gasteiger partial charge in [0.15, 0.2) is 0 Å². The first kappa shape index (κ1) is 10.2. The van der Waals surface area contributed by atoms with E-state index in [0.717, 1.165) is 0 Å². The molecule has 0 N–H and O–H groups in total. The third-order valence-corrected chi connectivity index (χ3v) is 3.14. The zero-order valence-electron chi connectivity index (χ0n) is 9.59. The highest BCUT2D eigenvalue weighted by Crippen LogP contribution is 2.35. The van der Waals surface area contributed by atoms with Crippen molar-refractivity contribution < 1.29 is 0 Å². The Bertz CT molecular complexity index is 393. The second-order valence-corrected chi connectivity index (χ2v) is 4.07. The van der Waals surface area contributed by atoms with Crippen molar-refractivity contribution in [2.24, 2.45) is 0 Å². The van der Waals surface area contributed by atoms with Gasteiger partial charge in [-0.1, -0.05) is 61.4 Å². The highest BCUT2D eigenvalue weighted by atomic mass is 14.2. The Morgan fingerprint density at radius 3 is 2.33 bits per heavy atom. The lowest BCUT2D eigenvalue weighted by molar-refractivity contribution is 0.962. The van der Waals surface area contributed by atoms with Crippen molar-refractivity contribution in [1.82, 2.24) is 0 Å². The Hall–Kier alpha value is -1.30. The lowest BCUT2D eigenvalue weighted by Gasteiger charge is -2.04. The fourth-order valence-electron chi connectivity index (χ4n) is 2.17. The van der Waals surface area contributed by atoms with Gasteiger partial charge < -0.3 is 0 Å². The molecule has 0 radical (unpaired) electrons. The monoisotopic (exact) mass is 198 g/mol. The summed E-state index contributed by atoms with van der Waals surface area (Å²) in [6.07, 6.45) is 5.93. The molecule has 0 heteroatoms. The second-order valence-electron chi connectivity index (χ2n) is 4.07. The molecule has 0 unspecified atom stereocenters. The van der Waals surface area contributed by atoms with Gasteiger partial charge in [-0.3, -0.25) is 0 Å². The van der Waals surface area contributed by atoms with E-state index in [-0.39, 0.29) is 0 Å². The number of hydrogen-bond donors (Lipinski definition) is 0. The van der Waals surface area contributed by atoms with Gasteiger partial charge in [0.2, 0.25) is 0 Å². The number of rotatable bonds is 3. The molecule has 78 valence electrons. The first-order valence-electron chi connectivity index (χ1n) is 5.82. The summed E-state index contributed by atoms with van der Waals surface area (Å²) in [7, 11) is 0. The molecule has 0 aliphatic heterocycles. The Morgan fingerprint density at radius 1 is 1.00 bits per heavy atom. The predicted octanol–water partition coefficient (Wildman–Crippen LogP) is 4.59. The molecule has 0 amide bonds. The largest absolute Gasteiger partial charge is 0.0658 e. The van der Waals surface area contributed by atoms with Crippen LogP contribution in [0.15, 0.2) is 47.6 Å². The Morgan fingerprint density at radius 2 is 1.73 bits per heavy atom. The smallest absolute Gasteiger partial charge is 0.00961 e. The van der Waals surface area contributed by atoms with Gasteiger partial charge in [0, 0.05) is 0 Å². The van der Waals surface area contributed by atoms with Crippen LogP contribution in [-0.2, 0) is 0 Å². The zero-order valence-corrected chi connectivity index (χ0v) is 9.59. The van der Waals surface area contributed by atoms with Crippen LogP contribution in [0.2, 0.25) is 0 Å². The van der Waals surface area contributed by atoms with Crippen LogP contribution in [0, 0.1) is 0 Å². The molecule has 0 spiro atoms. The minimum Gasteiger partial charge on any atom is -0.0658 e. The molecule has 15 heavy (non-hydrogen) atoms. The summed E-state index contributed by atoms with van der Waals surface area (Å²) < 4.78 is 0. The molecule has 0 atom stereocenters. The molecule has 0 saturated carbocycles. The van der Waals surface area contributed by atoms with Gasteiger partial charge in [0.05, 0.1) is 0 Å². The first-order chi connectivity index (χ1) is 7.35. The average molecular weight is 198 g/mol. The van der Waals surface area contributed by atoms with E-state index in [0.29, 0.717) is 0 Å². The maximum absolute atomic E-state index is 2.38. The third kappa shape index (κ3) is 2.04. The van der Waals surface area contributed by atoms with E-state index in [2.05, 4.69) is 50.3 Å². The van der Waals surface area contributed by atoms with E-state index in [4.69, 9.17) is 0 Å². The highest BCUT2D eigenvalue weighted by molar-refractivity contribution is 5.80. The van der Waals surface area contributed by atoms with Gasteiger partial charge in [-0.15, -0.1) is 0 Å². The normalized spacial score (nSPS) is 15.7. The standard InChI is InChI=1S/C15H18/c1-3-12-10-13(4-2)15(11-12)14-8-6-5-7-9-14/h5-9,11H,3-4,10H2,1-2H3. The first-order valence-corrected chi connectivity index (χ1v) is 5.82. The lowest BCUT2D eigenvalue weighted by Crippen LogP contribution is -1.83. The predicted molar refractivity (Wildman–Crippen MR) is 66.6 cm³/mol. The van der Waals surface area contributed by atoms with Gasteiger partial charge >= 0.3 is 0 Å². The summed E-state index contributed by atoms with van der Waals surface area (Å²) in [4.78, 5) is 0. The maximum atomic E-state index is 2.38. The molecule has 1 aliphatic carbocycles. The minimum atomic E-state index is 1.17. The fourth-order valence-corrected chi connectivity index (χ4v) is 2.17. The van der Waals surface area contributed by atoms with Crippen LogP contribution < -0.4 is 0 Å². The quantitative estimate of drug-likeness (QED) is 0.666. The van der Waals surface area contributed by atoms with Gasteiger partial charge in [-0.25, -0.2) is 0 Å². The van der Waals surface area contributed by atoms with Crippen LogP contribution in [0.5, 0.6) is 0 Å². The molecular formula is C15H18. The Labute approximate surface area is 92.3 Å². The number of hydrogen-bond acceptors (Lipinski definition) is 0. The van der Waals surface area contributed by atoms with Crippen molar-refractivity contribution in [2.75, 3.05) is 0 Å².